The van der Waals surface area contributed by atoms with Crippen LogP contribution in [0.5, 0.6) is 0 Å². The summed E-state index contributed by atoms with van der Waals surface area (Å²) in [5.41, 5.74) is 1.72. The van der Waals surface area contributed by atoms with E-state index in [4.69, 9.17) is 4.84 Å². The van der Waals surface area contributed by atoms with E-state index >= 15 is 0 Å². The SMILES string of the molecule is Cn1cc(NC(=O)NOCCC(C)(C)C)c(C(F)F)n1. The zero-order valence-corrected chi connectivity index (χ0v) is 12.0. The van der Waals surface area contributed by atoms with Gasteiger partial charge in [-0.25, -0.2) is 19.1 Å². The van der Waals surface area contributed by atoms with Crippen molar-refractivity contribution in [3.63, 3.8) is 0 Å². The fourth-order valence-corrected chi connectivity index (χ4v) is 1.38. The van der Waals surface area contributed by atoms with Crippen molar-refractivity contribution in [3.05, 3.63) is 11.9 Å². The normalized spacial score (nSPS) is 11.8. The van der Waals surface area contributed by atoms with Gasteiger partial charge in [0.2, 0.25) is 0 Å². The van der Waals surface area contributed by atoms with Gasteiger partial charge < -0.3 is 5.32 Å². The van der Waals surface area contributed by atoms with Crippen molar-refractivity contribution in [3.8, 4) is 0 Å². The average Bonchev–Trinajstić information content (AvgIpc) is 2.64. The van der Waals surface area contributed by atoms with E-state index in [1.807, 2.05) is 20.8 Å². The van der Waals surface area contributed by atoms with E-state index < -0.39 is 18.2 Å². The lowest BCUT2D eigenvalue weighted by Gasteiger charge is -2.17. The van der Waals surface area contributed by atoms with Gasteiger partial charge in [-0.2, -0.15) is 5.10 Å². The second kappa shape index (κ2) is 6.65. The van der Waals surface area contributed by atoms with Gasteiger partial charge in [-0.3, -0.25) is 9.52 Å². The quantitative estimate of drug-likeness (QED) is 0.647. The molecule has 2 amide bonds. The number of aryl methyl sites for hydroxylation is 1. The number of carbonyl (C=O) groups excluding carboxylic acids is 1. The van der Waals surface area contributed by atoms with Gasteiger partial charge in [0, 0.05) is 13.2 Å². The summed E-state index contributed by atoms with van der Waals surface area (Å²) in [6, 6.07) is -0.714. The van der Waals surface area contributed by atoms with E-state index in [1.54, 1.807) is 0 Å². The number of nitrogens with zero attached hydrogens (tertiary/aromatic N) is 2. The van der Waals surface area contributed by atoms with Crippen LogP contribution in [0, 0.1) is 5.41 Å². The van der Waals surface area contributed by atoms with Crippen molar-refractivity contribution in [2.75, 3.05) is 11.9 Å². The molecular formula is C12H20F2N4O2. The van der Waals surface area contributed by atoms with Crippen LogP contribution in [0.25, 0.3) is 0 Å². The van der Waals surface area contributed by atoms with Gasteiger partial charge in [0.15, 0.2) is 5.69 Å². The smallest absolute Gasteiger partial charge is 0.303 e. The fraction of sp³-hybridized carbons (Fsp3) is 0.667. The Morgan fingerprint density at radius 3 is 2.70 bits per heavy atom. The molecule has 8 heteroatoms. The lowest BCUT2D eigenvalue weighted by atomic mass is 9.93. The molecule has 0 atom stereocenters. The molecular weight excluding hydrogens is 270 g/mol. The molecule has 0 aliphatic carbocycles. The van der Waals surface area contributed by atoms with Crippen LogP contribution in [0.3, 0.4) is 0 Å². The predicted octanol–water partition coefficient (Wildman–Crippen LogP) is 2.85. The highest BCUT2D eigenvalue weighted by molar-refractivity contribution is 5.89. The van der Waals surface area contributed by atoms with Crippen LogP contribution < -0.4 is 10.8 Å². The number of halogens is 2. The van der Waals surface area contributed by atoms with Crippen LogP contribution in [-0.2, 0) is 11.9 Å². The molecule has 0 saturated carbocycles. The second-order valence-corrected chi connectivity index (χ2v) is 5.62. The number of rotatable bonds is 5. The molecule has 0 fully saturated rings. The number of nitrogens with one attached hydrogen (secondary N) is 2. The van der Waals surface area contributed by atoms with Gasteiger partial charge >= 0.3 is 6.03 Å². The summed E-state index contributed by atoms with van der Waals surface area (Å²) in [5, 5.41) is 5.85. The number of hydrogen-bond donors (Lipinski definition) is 2. The predicted molar refractivity (Wildman–Crippen MR) is 70.3 cm³/mol. The maximum Gasteiger partial charge on any atom is 0.343 e. The molecule has 0 unspecified atom stereocenters. The molecule has 2 N–H and O–H groups in total. The van der Waals surface area contributed by atoms with Crippen LogP contribution in [0.1, 0.15) is 39.3 Å². The summed E-state index contributed by atoms with van der Waals surface area (Å²) >= 11 is 0. The number of aromatic nitrogens is 2. The molecule has 0 spiro atoms. The van der Waals surface area contributed by atoms with E-state index in [9.17, 15) is 13.6 Å². The minimum atomic E-state index is -2.76. The molecule has 1 rings (SSSR count). The van der Waals surface area contributed by atoms with Crippen molar-refractivity contribution >= 4 is 11.7 Å². The fourth-order valence-electron chi connectivity index (χ4n) is 1.38. The zero-order chi connectivity index (χ0) is 15.3. The van der Waals surface area contributed by atoms with E-state index in [2.05, 4.69) is 15.9 Å². The average molecular weight is 290 g/mol. The molecule has 114 valence electrons. The monoisotopic (exact) mass is 290 g/mol. The lowest BCUT2D eigenvalue weighted by molar-refractivity contribution is 0.0494. The van der Waals surface area contributed by atoms with Crippen LogP contribution in [0.15, 0.2) is 6.20 Å². The Kier molecular flexibility index (Phi) is 5.43. The Morgan fingerprint density at radius 1 is 1.50 bits per heavy atom. The Labute approximate surface area is 116 Å². The Morgan fingerprint density at radius 2 is 2.15 bits per heavy atom. The van der Waals surface area contributed by atoms with Crippen LogP contribution in [0.4, 0.5) is 19.3 Å². The number of carbonyl (C=O) groups is 1. The summed E-state index contributed by atoms with van der Waals surface area (Å²) in [6.45, 7) is 6.47. The van der Waals surface area contributed by atoms with Gasteiger partial charge in [0.05, 0.1) is 12.3 Å². The van der Waals surface area contributed by atoms with E-state index in [-0.39, 0.29) is 11.1 Å². The Balaban J connectivity index is 2.43. The molecule has 0 bridgehead atoms. The standard InChI is InChI=1S/C12H20F2N4O2/c1-12(2,3)5-6-20-17-11(19)15-8-7-18(4)16-9(8)10(13)14/h7,10H,5-6H2,1-4H3,(H2,15,17,19). The highest BCUT2D eigenvalue weighted by Gasteiger charge is 2.19. The van der Waals surface area contributed by atoms with Crippen LogP contribution in [0.2, 0.25) is 0 Å². The first-order chi connectivity index (χ1) is 9.19. The van der Waals surface area contributed by atoms with E-state index in [0.717, 1.165) is 6.42 Å². The molecule has 1 aromatic heterocycles. The van der Waals surface area contributed by atoms with Gasteiger partial charge in [0.1, 0.15) is 0 Å². The van der Waals surface area contributed by atoms with Crippen molar-refractivity contribution in [2.45, 2.75) is 33.6 Å². The lowest BCUT2D eigenvalue weighted by Crippen LogP contribution is -2.30. The Bertz CT molecular complexity index is 455. The van der Waals surface area contributed by atoms with Crippen molar-refractivity contribution < 1.29 is 18.4 Å². The summed E-state index contributed by atoms with van der Waals surface area (Å²) in [7, 11) is 1.49. The minimum Gasteiger partial charge on any atom is -0.303 e. The molecule has 6 nitrogen and oxygen atoms in total. The van der Waals surface area contributed by atoms with Crippen molar-refractivity contribution in [1.82, 2.24) is 15.3 Å². The maximum atomic E-state index is 12.7. The molecule has 0 aliphatic rings. The third-order valence-electron chi connectivity index (χ3n) is 2.43. The van der Waals surface area contributed by atoms with E-state index in [1.165, 1.54) is 17.9 Å². The molecule has 0 radical (unpaired) electrons. The number of urea groups is 1. The molecule has 0 saturated heterocycles. The van der Waals surface area contributed by atoms with Crippen LogP contribution in [-0.4, -0.2) is 22.4 Å². The molecule has 20 heavy (non-hydrogen) atoms. The molecule has 0 aromatic carbocycles. The topological polar surface area (TPSA) is 68.2 Å². The van der Waals surface area contributed by atoms with Crippen molar-refractivity contribution in [1.29, 1.82) is 0 Å². The number of anilines is 1. The van der Waals surface area contributed by atoms with Gasteiger partial charge in [-0.1, -0.05) is 20.8 Å². The zero-order valence-electron chi connectivity index (χ0n) is 12.0. The van der Waals surface area contributed by atoms with Gasteiger partial charge in [0.25, 0.3) is 6.43 Å². The minimum absolute atomic E-state index is 0.0422. The largest absolute Gasteiger partial charge is 0.343 e. The number of amides is 2. The van der Waals surface area contributed by atoms with Gasteiger partial charge in [-0.05, 0) is 11.8 Å². The summed E-state index contributed by atoms with van der Waals surface area (Å²) in [6.07, 6.45) is -0.702. The molecule has 1 heterocycles. The third kappa shape index (κ3) is 5.52. The summed E-state index contributed by atoms with van der Waals surface area (Å²) in [5.74, 6) is 0. The highest BCUT2D eigenvalue weighted by atomic mass is 19.3. The molecule has 1 aromatic rings. The van der Waals surface area contributed by atoms with Crippen LogP contribution >= 0.6 is 0 Å². The second-order valence-electron chi connectivity index (χ2n) is 5.62. The number of hydroxylamine groups is 1. The summed E-state index contributed by atoms with van der Waals surface area (Å²) < 4.78 is 26.5. The third-order valence-corrected chi connectivity index (χ3v) is 2.43. The first-order valence-corrected chi connectivity index (χ1v) is 6.19. The Hall–Kier alpha value is -1.70. The first-order valence-electron chi connectivity index (χ1n) is 6.19. The van der Waals surface area contributed by atoms with Gasteiger partial charge in [-0.15, -0.1) is 0 Å². The summed E-state index contributed by atoms with van der Waals surface area (Å²) in [4.78, 5) is 16.5. The maximum absolute atomic E-state index is 12.7. The highest BCUT2D eigenvalue weighted by Crippen LogP contribution is 2.24. The van der Waals surface area contributed by atoms with E-state index in [0.29, 0.717) is 6.61 Å². The first kappa shape index (κ1) is 16.4. The van der Waals surface area contributed by atoms with Crippen molar-refractivity contribution in [2.24, 2.45) is 12.5 Å². The number of alkyl halides is 2. The number of hydrogen-bond acceptors (Lipinski definition) is 3. The molecule has 0 aliphatic heterocycles.